The van der Waals surface area contributed by atoms with E-state index < -0.39 is 11.4 Å². The van der Waals surface area contributed by atoms with Crippen LogP contribution in [0.15, 0.2) is 42.5 Å². The molecule has 0 bridgehead atoms. The van der Waals surface area contributed by atoms with E-state index in [1.165, 1.54) is 0 Å². The van der Waals surface area contributed by atoms with Crippen LogP contribution in [0.5, 0.6) is 5.75 Å². The molecule has 0 aliphatic rings. The molecule has 1 aromatic heterocycles. The van der Waals surface area contributed by atoms with E-state index in [2.05, 4.69) is 4.98 Å². The third-order valence-electron chi connectivity index (χ3n) is 2.66. The van der Waals surface area contributed by atoms with E-state index in [0.717, 1.165) is 16.3 Å². The molecule has 86 valence electrons. The van der Waals surface area contributed by atoms with Gasteiger partial charge in [0.1, 0.15) is 11.4 Å². The van der Waals surface area contributed by atoms with Crippen LogP contribution in [0, 0.1) is 0 Å². The van der Waals surface area contributed by atoms with Gasteiger partial charge in [-0.2, -0.15) is 0 Å². The highest BCUT2D eigenvalue weighted by molar-refractivity contribution is 7.74. The van der Waals surface area contributed by atoms with Gasteiger partial charge in [0, 0.05) is 16.3 Å². The predicted molar refractivity (Wildman–Crippen MR) is 65.4 cm³/mol. The Kier molecular flexibility index (Phi) is 2.35. The van der Waals surface area contributed by atoms with Crippen molar-refractivity contribution in [3.63, 3.8) is 0 Å². The number of para-hydroxylation sites is 2. The maximum atomic E-state index is 10.6. The van der Waals surface area contributed by atoms with E-state index in [1.807, 2.05) is 30.3 Å². The Morgan fingerprint density at radius 1 is 1.06 bits per heavy atom. The van der Waals surface area contributed by atoms with Gasteiger partial charge in [-0.15, -0.1) is 0 Å². The second-order valence-electron chi connectivity index (χ2n) is 3.64. The van der Waals surface area contributed by atoms with E-state index in [-0.39, 0.29) is 0 Å². The molecule has 0 fully saturated rings. The highest BCUT2D eigenvalue weighted by Gasteiger charge is 2.08. The standard InChI is InChI=1S/C12H9NO3S/c14-17(15)16-11-7-3-5-9-8-4-1-2-6-10(8)13-12(9)11/h1-7,13H,(H,14,15)/p-1. The van der Waals surface area contributed by atoms with Gasteiger partial charge in [0.05, 0.1) is 5.52 Å². The van der Waals surface area contributed by atoms with E-state index in [9.17, 15) is 8.76 Å². The molecule has 0 aliphatic heterocycles. The molecular formula is C12H8NO3S-. The molecule has 1 unspecified atom stereocenters. The third kappa shape index (κ3) is 1.69. The van der Waals surface area contributed by atoms with Crippen molar-refractivity contribution in [2.75, 3.05) is 0 Å². The normalized spacial score (nSPS) is 13.0. The summed E-state index contributed by atoms with van der Waals surface area (Å²) >= 11 is -2.56. The minimum atomic E-state index is -2.56. The van der Waals surface area contributed by atoms with Gasteiger partial charge in [0.2, 0.25) is 0 Å². The lowest BCUT2D eigenvalue weighted by atomic mass is 10.1. The summed E-state index contributed by atoms with van der Waals surface area (Å²) in [6, 6.07) is 13.1. The van der Waals surface area contributed by atoms with Gasteiger partial charge >= 0.3 is 0 Å². The molecule has 1 atom stereocenters. The lowest BCUT2D eigenvalue weighted by molar-refractivity contribution is 0.442. The fourth-order valence-electron chi connectivity index (χ4n) is 1.99. The van der Waals surface area contributed by atoms with Gasteiger partial charge in [-0.1, -0.05) is 30.3 Å². The second-order valence-corrected chi connectivity index (χ2v) is 4.21. The van der Waals surface area contributed by atoms with Crippen LogP contribution in [0.4, 0.5) is 0 Å². The van der Waals surface area contributed by atoms with E-state index >= 15 is 0 Å². The molecule has 0 radical (unpaired) electrons. The lowest BCUT2D eigenvalue weighted by Crippen LogP contribution is -1.98. The Morgan fingerprint density at radius 3 is 2.65 bits per heavy atom. The van der Waals surface area contributed by atoms with Crippen molar-refractivity contribution in [1.29, 1.82) is 0 Å². The van der Waals surface area contributed by atoms with Gasteiger partial charge in [0.25, 0.3) is 0 Å². The Balaban J connectivity index is 2.35. The number of aromatic nitrogens is 1. The van der Waals surface area contributed by atoms with Gasteiger partial charge in [-0.25, -0.2) is 4.21 Å². The molecule has 1 heterocycles. The summed E-state index contributed by atoms with van der Waals surface area (Å²) < 4.78 is 25.9. The zero-order valence-electron chi connectivity index (χ0n) is 8.67. The van der Waals surface area contributed by atoms with Crippen molar-refractivity contribution in [2.45, 2.75) is 0 Å². The van der Waals surface area contributed by atoms with Crippen LogP contribution in [-0.4, -0.2) is 13.7 Å². The van der Waals surface area contributed by atoms with Crippen molar-refractivity contribution >= 4 is 33.2 Å². The zero-order chi connectivity index (χ0) is 11.8. The topological polar surface area (TPSA) is 65.2 Å². The number of hydrogen-bond acceptors (Lipinski definition) is 3. The van der Waals surface area contributed by atoms with Crippen LogP contribution in [0.2, 0.25) is 0 Å². The predicted octanol–water partition coefficient (Wildman–Crippen LogP) is 2.49. The van der Waals surface area contributed by atoms with Gasteiger partial charge in [-0.05, 0) is 12.1 Å². The number of H-pyrrole nitrogens is 1. The molecule has 3 aromatic rings. The van der Waals surface area contributed by atoms with Crippen LogP contribution >= 0.6 is 0 Å². The average Bonchev–Trinajstić information content (AvgIpc) is 2.68. The first-order chi connectivity index (χ1) is 8.25. The quantitative estimate of drug-likeness (QED) is 0.706. The van der Waals surface area contributed by atoms with E-state index in [4.69, 9.17) is 4.18 Å². The molecule has 4 nitrogen and oxygen atoms in total. The van der Waals surface area contributed by atoms with Crippen molar-refractivity contribution < 1.29 is 12.9 Å². The van der Waals surface area contributed by atoms with Crippen molar-refractivity contribution in [3.05, 3.63) is 42.5 Å². The number of benzene rings is 2. The maximum Gasteiger partial charge on any atom is 0.163 e. The minimum absolute atomic E-state index is 0.312. The molecule has 0 amide bonds. The van der Waals surface area contributed by atoms with Crippen LogP contribution in [0.25, 0.3) is 21.8 Å². The number of rotatable bonds is 2. The first-order valence-corrected chi connectivity index (χ1v) is 6.03. The Bertz CT molecular complexity index is 720. The Morgan fingerprint density at radius 2 is 1.82 bits per heavy atom. The molecule has 0 aliphatic carbocycles. The molecule has 17 heavy (non-hydrogen) atoms. The molecule has 1 N–H and O–H groups in total. The molecule has 2 aromatic carbocycles. The molecule has 5 heteroatoms. The van der Waals surface area contributed by atoms with Gasteiger partial charge in [0.15, 0.2) is 5.75 Å². The maximum absolute atomic E-state index is 10.6. The van der Waals surface area contributed by atoms with E-state index in [1.54, 1.807) is 12.1 Å². The molecule has 0 saturated carbocycles. The van der Waals surface area contributed by atoms with Gasteiger partial charge in [-0.3, -0.25) is 0 Å². The fraction of sp³-hybridized carbons (Fsp3) is 0. The number of nitrogens with one attached hydrogen (secondary N) is 1. The van der Waals surface area contributed by atoms with Crippen LogP contribution in [-0.2, 0) is 11.4 Å². The minimum Gasteiger partial charge on any atom is -0.740 e. The lowest BCUT2D eigenvalue weighted by Gasteiger charge is -2.07. The van der Waals surface area contributed by atoms with Crippen molar-refractivity contribution in [3.8, 4) is 5.75 Å². The zero-order valence-corrected chi connectivity index (χ0v) is 9.49. The highest BCUT2D eigenvalue weighted by atomic mass is 32.2. The molecule has 0 saturated heterocycles. The summed E-state index contributed by atoms with van der Waals surface area (Å²) in [5.74, 6) is 0.312. The number of fused-ring (bicyclic) bond motifs is 3. The largest absolute Gasteiger partial charge is 0.740 e. The Hall–Kier alpha value is -1.85. The number of aromatic amines is 1. The van der Waals surface area contributed by atoms with Crippen LogP contribution in [0.1, 0.15) is 0 Å². The molecule has 0 spiro atoms. The van der Waals surface area contributed by atoms with E-state index in [0.29, 0.717) is 11.3 Å². The molecular weight excluding hydrogens is 238 g/mol. The number of hydrogen-bond donors (Lipinski definition) is 1. The summed E-state index contributed by atoms with van der Waals surface area (Å²) in [6.07, 6.45) is 0. The summed E-state index contributed by atoms with van der Waals surface area (Å²) in [7, 11) is 0. The van der Waals surface area contributed by atoms with Crippen LogP contribution < -0.4 is 4.18 Å². The summed E-state index contributed by atoms with van der Waals surface area (Å²) in [6.45, 7) is 0. The second kappa shape index (κ2) is 3.87. The summed E-state index contributed by atoms with van der Waals surface area (Å²) in [5.41, 5.74) is 1.65. The Labute approximate surface area is 99.7 Å². The third-order valence-corrected chi connectivity index (χ3v) is 2.98. The smallest absolute Gasteiger partial charge is 0.163 e. The summed E-state index contributed by atoms with van der Waals surface area (Å²) in [4.78, 5) is 3.15. The van der Waals surface area contributed by atoms with Crippen molar-refractivity contribution in [2.24, 2.45) is 0 Å². The highest BCUT2D eigenvalue weighted by Crippen LogP contribution is 2.31. The van der Waals surface area contributed by atoms with Crippen LogP contribution in [0.3, 0.4) is 0 Å². The van der Waals surface area contributed by atoms with Crippen molar-refractivity contribution in [1.82, 2.24) is 4.98 Å². The first-order valence-electron chi connectivity index (χ1n) is 5.03. The van der Waals surface area contributed by atoms with Gasteiger partial charge < -0.3 is 13.7 Å². The monoisotopic (exact) mass is 246 g/mol. The SMILES string of the molecule is O=S([O-])Oc1cccc2c1[nH]c1ccccc12. The fourth-order valence-corrected chi connectivity index (χ4v) is 2.27. The summed E-state index contributed by atoms with van der Waals surface area (Å²) in [5, 5.41) is 1.99. The first kappa shape index (κ1) is 10.3. The molecule has 3 rings (SSSR count). The average molecular weight is 246 g/mol.